The molecular formula is C14H15BrN2O2. The molecule has 100 valence electrons. The lowest BCUT2D eigenvalue weighted by Gasteiger charge is -2.22. The van der Waals surface area contributed by atoms with E-state index >= 15 is 0 Å². The first-order chi connectivity index (χ1) is 9.20. The van der Waals surface area contributed by atoms with Crippen LogP contribution in [0.3, 0.4) is 0 Å². The van der Waals surface area contributed by atoms with Crippen molar-refractivity contribution in [3.05, 3.63) is 34.5 Å². The zero-order valence-corrected chi connectivity index (χ0v) is 12.0. The highest BCUT2D eigenvalue weighted by molar-refractivity contribution is 9.10. The zero-order valence-electron chi connectivity index (χ0n) is 10.4. The van der Waals surface area contributed by atoms with Crippen molar-refractivity contribution in [1.82, 2.24) is 4.90 Å². The third-order valence-corrected chi connectivity index (χ3v) is 4.24. The van der Waals surface area contributed by atoms with Gasteiger partial charge in [-0.1, -0.05) is 12.1 Å². The molecule has 1 amide bonds. The molecule has 0 aliphatic carbocycles. The van der Waals surface area contributed by atoms with Crippen molar-refractivity contribution >= 4 is 32.8 Å². The first kappa shape index (κ1) is 12.7. The third kappa shape index (κ3) is 2.17. The molecule has 5 heteroatoms. The van der Waals surface area contributed by atoms with E-state index in [0.717, 1.165) is 29.2 Å². The Morgan fingerprint density at radius 1 is 1.53 bits per heavy atom. The summed E-state index contributed by atoms with van der Waals surface area (Å²) < 4.78 is 6.55. The number of fused-ring (bicyclic) bond motifs is 1. The van der Waals surface area contributed by atoms with Crippen LogP contribution in [0.2, 0.25) is 0 Å². The number of amides is 1. The summed E-state index contributed by atoms with van der Waals surface area (Å²) in [7, 11) is 0. The summed E-state index contributed by atoms with van der Waals surface area (Å²) in [4.78, 5) is 14.3. The summed E-state index contributed by atoms with van der Waals surface area (Å²) in [5.41, 5.74) is 6.42. The fourth-order valence-corrected chi connectivity index (χ4v) is 3.09. The van der Waals surface area contributed by atoms with Gasteiger partial charge in [-0.15, -0.1) is 0 Å². The van der Waals surface area contributed by atoms with E-state index in [2.05, 4.69) is 15.9 Å². The molecular weight excluding hydrogens is 308 g/mol. The number of carbonyl (C=O) groups excluding carboxylic acids is 1. The molecule has 3 rings (SSSR count). The predicted octanol–water partition coefficient (Wildman–Crippen LogP) is 2.76. The maximum atomic E-state index is 12.5. The molecule has 0 saturated carbocycles. The molecule has 0 spiro atoms. The van der Waals surface area contributed by atoms with E-state index in [-0.39, 0.29) is 11.9 Å². The second-order valence-electron chi connectivity index (χ2n) is 4.80. The summed E-state index contributed by atoms with van der Waals surface area (Å²) in [6.45, 7) is 1.27. The first-order valence-corrected chi connectivity index (χ1v) is 7.19. The van der Waals surface area contributed by atoms with Crippen LogP contribution in [0.5, 0.6) is 0 Å². The van der Waals surface area contributed by atoms with Crippen LogP contribution in [0, 0.1) is 0 Å². The Morgan fingerprint density at radius 3 is 3.11 bits per heavy atom. The number of hydrogen-bond acceptors (Lipinski definition) is 3. The Kier molecular flexibility index (Phi) is 3.33. The average molecular weight is 323 g/mol. The van der Waals surface area contributed by atoms with Crippen LogP contribution >= 0.6 is 15.9 Å². The van der Waals surface area contributed by atoms with Gasteiger partial charge in [0, 0.05) is 24.5 Å². The molecule has 0 bridgehead atoms. The second kappa shape index (κ2) is 4.98. The van der Waals surface area contributed by atoms with Crippen molar-refractivity contribution in [2.24, 2.45) is 5.73 Å². The number of para-hydroxylation sites is 1. The van der Waals surface area contributed by atoms with Gasteiger partial charge in [-0.25, -0.2) is 0 Å². The third-order valence-electron chi connectivity index (χ3n) is 3.62. The highest BCUT2D eigenvalue weighted by Gasteiger charge is 2.30. The number of hydrogen-bond donors (Lipinski definition) is 1. The minimum Gasteiger partial charge on any atom is -0.450 e. The molecule has 1 aliphatic rings. The standard InChI is InChI=1S/C14H15BrN2O2/c15-11-5-1-3-9-7-12(19-13(9)11)14(18)17-6-2-4-10(17)8-16/h1,3,5,7,10H,2,4,6,8,16H2. The SMILES string of the molecule is NCC1CCCN1C(=O)c1cc2cccc(Br)c2o1. The summed E-state index contributed by atoms with van der Waals surface area (Å²) in [6, 6.07) is 7.70. The van der Waals surface area contributed by atoms with E-state index < -0.39 is 0 Å². The van der Waals surface area contributed by atoms with E-state index in [4.69, 9.17) is 10.2 Å². The topological polar surface area (TPSA) is 59.5 Å². The predicted molar refractivity (Wildman–Crippen MR) is 77.0 cm³/mol. The molecule has 1 aliphatic heterocycles. The lowest BCUT2D eigenvalue weighted by Crippen LogP contribution is -2.39. The van der Waals surface area contributed by atoms with Crippen LogP contribution < -0.4 is 5.73 Å². The molecule has 1 aromatic heterocycles. The van der Waals surface area contributed by atoms with Crippen molar-refractivity contribution in [2.75, 3.05) is 13.1 Å². The smallest absolute Gasteiger partial charge is 0.289 e. The van der Waals surface area contributed by atoms with Crippen LogP contribution in [-0.2, 0) is 0 Å². The Hall–Kier alpha value is -1.33. The van der Waals surface area contributed by atoms with Crippen LogP contribution in [0.15, 0.2) is 33.2 Å². The quantitative estimate of drug-likeness (QED) is 0.924. The largest absolute Gasteiger partial charge is 0.450 e. The number of furan rings is 1. The molecule has 4 nitrogen and oxygen atoms in total. The average Bonchev–Trinajstić information content (AvgIpc) is 3.04. The maximum Gasteiger partial charge on any atom is 0.289 e. The van der Waals surface area contributed by atoms with Crippen LogP contribution in [0.25, 0.3) is 11.0 Å². The molecule has 0 radical (unpaired) electrons. The van der Waals surface area contributed by atoms with E-state index in [1.165, 1.54) is 0 Å². The lowest BCUT2D eigenvalue weighted by atomic mass is 10.2. The van der Waals surface area contributed by atoms with Crippen molar-refractivity contribution in [3.8, 4) is 0 Å². The summed E-state index contributed by atoms with van der Waals surface area (Å²) in [5, 5.41) is 0.932. The van der Waals surface area contributed by atoms with Gasteiger partial charge in [0.2, 0.25) is 0 Å². The Balaban J connectivity index is 1.95. The fourth-order valence-electron chi connectivity index (χ4n) is 2.62. The Labute approximate surface area is 119 Å². The summed E-state index contributed by atoms with van der Waals surface area (Å²) >= 11 is 3.43. The van der Waals surface area contributed by atoms with Gasteiger partial charge in [-0.05, 0) is 40.9 Å². The molecule has 1 aromatic carbocycles. The number of benzene rings is 1. The van der Waals surface area contributed by atoms with Crippen molar-refractivity contribution in [1.29, 1.82) is 0 Å². The van der Waals surface area contributed by atoms with Crippen LogP contribution in [0.4, 0.5) is 0 Å². The Bertz CT molecular complexity index is 623. The number of carbonyl (C=O) groups is 1. The van der Waals surface area contributed by atoms with Crippen molar-refractivity contribution in [3.63, 3.8) is 0 Å². The number of nitrogens with zero attached hydrogens (tertiary/aromatic N) is 1. The maximum absolute atomic E-state index is 12.5. The van der Waals surface area contributed by atoms with Gasteiger partial charge >= 0.3 is 0 Å². The number of halogens is 1. The molecule has 1 fully saturated rings. The van der Waals surface area contributed by atoms with Crippen LogP contribution in [-0.4, -0.2) is 29.9 Å². The van der Waals surface area contributed by atoms with E-state index in [9.17, 15) is 4.79 Å². The molecule has 2 N–H and O–H groups in total. The second-order valence-corrected chi connectivity index (χ2v) is 5.65. The van der Waals surface area contributed by atoms with Gasteiger partial charge < -0.3 is 15.1 Å². The van der Waals surface area contributed by atoms with Crippen LogP contribution in [0.1, 0.15) is 23.4 Å². The minimum absolute atomic E-state index is 0.0592. The molecule has 1 unspecified atom stereocenters. The van der Waals surface area contributed by atoms with Gasteiger partial charge in [0.25, 0.3) is 5.91 Å². The van der Waals surface area contributed by atoms with Crippen molar-refractivity contribution in [2.45, 2.75) is 18.9 Å². The zero-order chi connectivity index (χ0) is 13.4. The van der Waals surface area contributed by atoms with Gasteiger partial charge in [0.1, 0.15) is 5.58 Å². The van der Waals surface area contributed by atoms with Gasteiger partial charge in [0.05, 0.1) is 4.47 Å². The monoisotopic (exact) mass is 322 g/mol. The van der Waals surface area contributed by atoms with Gasteiger partial charge in [0.15, 0.2) is 5.76 Å². The van der Waals surface area contributed by atoms with Gasteiger partial charge in [-0.2, -0.15) is 0 Å². The first-order valence-electron chi connectivity index (χ1n) is 6.40. The highest BCUT2D eigenvalue weighted by atomic mass is 79.9. The number of nitrogens with two attached hydrogens (primary N) is 1. The molecule has 1 saturated heterocycles. The normalized spacial score (nSPS) is 19.3. The van der Waals surface area contributed by atoms with E-state index in [1.807, 2.05) is 23.1 Å². The van der Waals surface area contributed by atoms with E-state index in [1.54, 1.807) is 6.07 Å². The van der Waals surface area contributed by atoms with Crippen molar-refractivity contribution < 1.29 is 9.21 Å². The summed E-state index contributed by atoms with van der Waals surface area (Å²) in [6.07, 6.45) is 1.99. The molecule has 1 atom stereocenters. The molecule has 2 aromatic rings. The lowest BCUT2D eigenvalue weighted by molar-refractivity contribution is 0.0711. The highest BCUT2D eigenvalue weighted by Crippen LogP contribution is 2.28. The minimum atomic E-state index is -0.0592. The molecule has 2 heterocycles. The Morgan fingerprint density at radius 2 is 2.37 bits per heavy atom. The number of likely N-dealkylation sites (tertiary alicyclic amines) is 1. The van der Waals surface area contributed by atoms with E-state index in [0.29, 0.717) is 17.9 Å². The fraction of sp³-hybridized carbons (Fsp3) is 0.357. The summed E-state index contributed by atoms with van der Waals surface area (Å²) in [5.74, 6) is 0.332. The molecule has 19 heavy (non-hydrogen) atoms. The number of rotatable bonds is 2. The van der Waals surface area contributed by atoms with Gasteiger partial charge in [-0.3, -0.25) is 4.79 Å².